The number of hydrogen-bond acceptors (Lipinski definition) is 4. The van der Waals surface area contributed by atoms with Gasteiger partial charge >= 0.3 is 0 Å². The monoisotopic (exact) mass is 406 g/mol. The zero-order valence-corrected chi connectivity index (χ0v) is 17.3. The fourth-order valence-corrected chi connectivity index (χ4v) is 5.25. The summed E-state index contributed by atoms with van der Waals surface area (Å²) in [5, 5.41) is 0. The van der Waals surface area contributed by atoms with Crippen molar-refractivity contribution in [3.8, 4) is 0 Å². The highest BCUT2D eigenvalue weighted by Gasteiger charge is 2.60. The molecule has 2 aromatic carbocycles. The molecule has 2 unspecified atom stereocenters. The predicted molar refractivity (Wildman–Crippen MR) is 111 cm³/mol. The van der Waals surface area contributed by atoms with Gasteiger partial charge in [-0.15, -0.1) is 0 Å². The third-order valence-electron chi connectivity index (χ3n) is 6.34. The van der Waals surface area contributed by atoms with E-state index in [1.165, 1.54) is 0 Å². The molecule has 156 valence electrons. The summed E-state index contributed by atoms with van der Waals surface area (Å²) in [4.78, 5) is 31.1. The second-order valence-corrected chi connectivity index (χ2v) is 8.39. The minimum atomic E-state index is -1.13. The van der Waals surface area contributed by atoms with E-state index in [0.29, 0.717) is 31.8 Å². The van der Waals surface area contributed by atoms with Crippen LogP contribution in [0.4, 0.5) is 0 Å². The second kappa shape index (κ2) is 7.22. The maximum Gasteiger partial charge on any atom is 0.256 e. The molecule has 2 aromatic rings. The van der Waals surface area contributed by atoms with Crippen LogP contribution >= 0.6 is 0 Å². The molecular weight excluding hydrogens is 380 g/mol. The van der Waals surface area contributed by atoms with Gasteiger partial charge in [-0.2, -0.15) is 0 Å². The van der Waals surface area contributed by atoms with E-state index >= 15 is 0 Å². The molecule has 2 saturated heterocycles. The molecule has 5 rings (SSSR count). The topological polar surface area (TPSA) is 59.1 Å². The van der Waals surface area contributed by atoms with Crippen molar-refractivity contribution in [2.24, 2.45) is 0 Å². The second-order valence-electron chi connectivity index (χ2n) is 8.39. The smallest absolute Gasteiger partial charge is 0.256 e. The average molecular weight is 406 g/mol. The first-order valence-corrected chi connectivity index (χ1v) is 10.6. The third kappa shape index (κ3) is 2.78. The lowest BCUT2D eigenvalue weighted by molar-refractivity contribution is -0.161. The normalized spacial score (nSPS) is 30.7. The lowest BCUT2D eigenvalue weighted by Gasteiger charge is -2.48. The SMILES string of the molecule is CC1CN(C(=O)[C@@H]2c3ccccc3C(=O)N3CCO[C@]23c2ccccc2)CC(C)O1. The highest BCUT2D eigenvalue weighted by molar-refractivity contribution is 6.02. The first kappa shape index (κ1) is 19.3. The molecule has 0 aromatic heterocycles. The van der Waals surface area contributed by atoms with Crippen molar-refractivity contribution in [1.29, 1.82) is 0 Å². The highest BCUT2D eigenvalue weighted by atomic mass is 16.5. The van der Waals surface area contributed by atoms with Gasteiger partial charge in [-0.3, -0.25) is 9.59 Å². The maximum atomic E-state index is 14.1. The number of fused-ring (bicyclic) bond motifs is 2. The molecule has 3 aliphatic rings. The van der Waals surface area contributed by atoms with Gasteiger partial charge in [-0.05, 0) is 25.5 Å². The fraction of sp³-hybridized carbons (Fsp3) is 0.417. The molecule has 30 heavy (non-hydrogen) atoms. The number of nitrogens with zero attached hydrogens (tertiary/aromatic N) is 2. The summed E-state index contributed by atoms with van der Waals surface area (Å²) in [7, 11) is 0. The molecule has 0 spiro atoms. The van der Waals surface area contributed by atoms with Crippen molar-refractivity contribution in [3.05, 3.63) is 71.3 Å². The molecule has 0 N–H and O–H groups in total. The van der Waals surface area contributed by atoms with Crippen LogP contribution in [0.1, 0.15) is 41.3 Å². The van der Waals surface area contributed by atoms with Gasteiger partial charge < -0.3 is 19.3 Å². The van der Waals surface area contributed by atoms with Crippen molar-refractivity contribution in [3.63, 3.8) is 0 Å². The van der Waals surface area contributed by atoms with Crippen LogP contribution in [0.2, 0.25) is 0 Å². The van der Waals surface area contributed by atoms with Gasteiger partial charge in [0.05, 0.1) is 18.8 Å². The Morgan fingerprint density at radius 2 is 1.67 bits per heavy atom. The lowest BCUT2D eigenvalue weighted by atomic mass is 9.76. The lowest BCUT2D eigenvalue weighted by Crippen LogP contribution is -2.59. The molecule has 3 heterocycles. The van der Waals surface area contributed by atoms with E-state index in [1.54, 1.807) is 4.90 Å². The zero-order chi connectivity index (χ0) is 20.9. The van der Waals surface area contributed by atoms with Crippen LogP contribution in [-0.4, -0.2) is 60.1 Å². The number of morpholine rings is 1. The Kier molecular flexibility index (Phi) is 4.64. The van der Waals surface area contributed by atoms with E-state index in [-0.39, 0.29) is 24.0 Å². The minimum absolute atomic E-state index is 0.0206. The molecule has 0 bridgehead atoms. The van der Waals surface area contributed by atoms with Gasteiger partial charge in [0.1, 0.15) is 5.92 Å². The van der Waals surface area contributed by atoms with Crippen LogP contribution in [-0.2, 0) is 20.0 Å². The number of carbonyl (C=O) groups is 2. The molecule has 6 heteroatoms. The maximum absolute atomic E-state index is 14.1. The van der Waals surface area contributed by atoms with Crippen LogP contribution < -0.4 is 0 Å². The Hall–Kier alpha value is -2.70. The van der Waals surface area contributed by atoms with Gasteiger partial charge in [0.2, 0.25) is 5.91 Å². The number of hydrogen-bond donors (Lipinski definition) is 0. The molecule has 0 radical (unpaired) electrons. The molecule has 2 amide bonds. The number of amides is 2. The summed E-state index contributed by atoms with van der Waals surface area (Å²) in [6, 6.07) is 17.1. The predicted octanol–water partition coefficient (Wildman–Crippen LogP) is 2.75. The number of benzene rings is 2. The Labute approximate surface area is 176 Å². The van der Waals surface area contributed by atoms with Crippen LogP contribution in [0.25, 0.3) is 0 Å². The van der Waals surface area contributed by atoms with Crippen molar-refractivity contribution < 1.29 is 19.1 Å². The van der Waals surface area contributed by atoms with E-state index in [1.807, 2.05) is 73.3 Å². The quantitative estimate of drug-likeness (QED) is 0.770. The van der Waals surface area contributed by atoms with Crippen LogP contribution in [0.15, 0.2) is 54.6 Å². The van der Waals surface area contributed by atoms with Gasteiger partial charge in [0.25, 0.3) is 5.91 Å². The molecule has 0 aliphatic carbocycles. The number of rotatable bonds is 2. The van der Waals surface area contributed by atoms with Crippen LogP contribution in [0, 0.1) is 0 Å². The minimum Gasteiger partial charge on any atom is -0.372 e. The molecule has 2 fully saturated rings. The van der Waals surface area contributed by atoms with Crippen molar-refractivity contribution in [1.82, 2.24) is 9.80 Å². The third-order valence-corrected chi connectivity index (χ3v) is 6.34. The summed E-state index contributed by atoms with van der Waals surface area (Å²) in [5.74, 6) is -0.735. The van der Waals surface area contributed by atoms with Crippen LogP contribution in [0.5, 0.6) is 0 Å². The standard InChI is InChI=1S/C24H26N2O4/c1-16-14-25(15-17(2)30-16)23(28)21-19-10-6-7-11-20(19)22(27)26-12-13-29-24(21,26)18-8-4-3-5-9-18/h3-11,16-17,21H,12-15H2,1-2H3/t16?,17?,21-,24+/m0/s1. The summed E-state index contributed by atoms with van der Waals surface area (Å²) in [6.45, 7) is 5.89. The Bertz CT molecular complexity index is 968. The molecule has 4 atom stereocenters. The largest absolute Gasteiger partial charge is 0.372 e. The van der Waals surface area contributed by atoms with E-state index in [4.69, 9.17) is 9.47 Å². The molecule has 6 nitrogen and oxygen atoms in total. The van der Waals surface area contributed by atoms with Gasteiger partial charge in [-0.25, -0.2) is 0 Å². The van der Waals surface area contributed by atoms with Crippen molar-refractivity contribution in [2.45, 2.75) is 37.7 Å². The average Bonchev–Trinajstić information content (AvgIpc) is 3.20. The zero-order valence-electron chi connectivity index (χ0n) is 17.3. The van der Waals surface area contributed by atoms with E-state index < -0.39 is 11.6 Å². The molecule has 0 saturated carbocycles. The molecule has 3 aliphatic heterocycles. The fourth-order valence-electron chi connectivity index (χ4n) is 5.25. The summed E-state index contributed by atoms with van der Waals surface area (Å²) in [6.07, 6.45) is -0.0714. The van der Waals surface area contributed by atoms with Gasteiger partial charge in [0, 0.05) is 30.8 Å². The summed E-state index contributed by atoms with van der Waals surface area (Å²) >= 11 is 0. The Morgan fingerprint density at radius 3 is 2.40 bits per heavy atom. The first-order valence-electron chi connectivity index (χ1n) is 10.6. The van der Waals surface area contributed by atoms with E-state index in [0.717, 1.165) is 11.1 Å². The Balaban J connectivity index is 1.69. The van der Waals surface area contributed by atoms with Crippen molar-refractivity contribution in [2.75, 3.05) is 26.2 Å². The number of carbonyl (C=O) groups excluding carboxylic acids is 2. The van der Waals surface area contributed by atoms with E-state index in [9.17, 15) is 9.59 Å². The summed E-state index contributed by atoms with van der Waals surface area (Å²) < 4.78 is 12.2. The van der Waals surface area contributed by atoms with Crippen molar-refractivity contribution >= 4 is 11.8 Å². The highest BCUT2D eigenvalue weighted by Crippen LogP contribution is 2.51. The van der Waals surface area contributed by atoms with E-state index in [2.05, 4.69) is 0 Å². The van der Waals surface area contributed by atoms with Gasteiger partial charge in [-0.1, -0.05) is 48.5 Å². The first-order chi connectivity index (χ1) is 14.5. The van der Waals surface area contributed by atoms with Crippen LogP contribution in [0.3, 0.4) is 0 Å². The summed E-state index contributed by atoms with van der Waals surface area (Å²) in [5.41, 5.74) is 1.02. The number of ether oxygens (including phenoxy) is 2. The Morgan fingerprint density at radius 1 is 1.00 bits per heavy atom. The van der Waals surface area contributed by atoms with Gasteiger partial charge in [0.15, 0.2) is 5.72 Å². The molecular formula is C24H26N2O4.